The molecule has 3 aromatic rings. The third-order valence-electron chi connectivity index (χ3n) is 5.23. The minimum Gasteiger partial charge on any atom is -0.321 e. The summed E-state index contributed by atoms with van der Waals surface area (Å²) in [7, 11) is 4.06. The fourth-order valence-electron chi connectivity index (χ4n) is 3.74. The van der Waals surface area contributed by atoms with E-state index in [-0.39, 0.29) is 5.91 Å². The van der Waals surface area contributed by atoms with E-state index in [1.165, 1.54) is 16.5 Å². The second-order valence-corrected chi connectivity index (χ2v) is 7.24. The van der Waals surface area contributed by atoms with Gasteiger partial charge in [-0.05, 0) is 56.4 Å². The van der Waals surface area contributed by atoms with Gasteiger partial charge in [0.1, 0.15) is 0 Å². The number of benzene rings is 2. The minimum atomic E-state index is -0.0997. The van der Waals surface area contributed by atoms with Gasteiger partial charge in [-0.15, -0.1) is 0 Å². The number of hydrogen-bond donors (Lipinski definition) is 1. The molecule has 1 aliphatic rings. The summed E-state index contributed by atoms with van der Waals surface area (Å²) < 4.78 is 1.89. The molecule has 26 heavy (non-hydrogen) atoms. The molecule has 0 unspecified atom stereocenters. The quantitative estimate of drug-likeness (QED) is 0.770. The van der Waals surface area contributed by atoms with Crippen molar-refractivity contribution in [2.45, 2.75) is 26.3 Å². The normalized spacial score (nSPS) is 12.9. The van der Waals surface area contributed by atoms with Crippen LogP contribution in [0.5, 0.6) is 0 Å². The first-order chi connectivity index (χ1) is 12.5. The summed E-state index contributed by atoms with van der Waals surface area (Å²) in [6.07, 6.45) is 3.84. The Balaban J connectivity index is 1.61. The predicted molar refractivity (Wildman–Crippen MR) is 105 cm³/mol. The van der Waals surface area contributed by atoms with Gasteiger partial charge in [-0.3, -0.25) is 9.48 Å². The molecule has 1 aromatic heterocycles. The lowest BCUT2D eigenvalue weighted by atomic mass is 10.0. The molecule has 5 heteroatoms. The molecule has 5 nitrogen and oxygen atoms in total. The van der Waals surface area contributed by atoms with Crippen LogP contribution in [0.2, 0.25) is 0 Å². The summed E-state index contributed by atoms with van der Waals surface area (Å²) in [6, 6.07) is 10.5. The number of anilines is 1. The monoisotopic (exact) mass is 348 g/mol. The summed E-state index contributed by atoms with van der Waals surface area (Å²) >= 11 is 0. The Kier molecular flexibility index (Phi) is 4.24. The van der Waals surface area contributed by atoms with Crippen molar-refractivity contribution in [3.63, 3.8) is 0 Å². The number of carbonyl (C=O) groups excluding carboxylic acids is 1. The van der Waals surface area contributed by atoms with E-state index in [1.54, 1.807) is 6.20 Å². The Morgan fingerprint density at radius 1 is 1.19 bits per heavy atom. The second-order valence-electron chi connectivity index (χ2n) is 7.24. The molecule has 1 N–H and O–H groups in total. The van der Waals surface area contributed by atoms with Gasteiger partial charge in [-0.1, -0.05) is 24.3 Å². The van der Waals surface area contributed by atoms with E-state index < -0.39 is 0 Å². The Hall–Kier alpha value is -2.66. The molecule has 0 atom stereocenters. The average Bonchev–Trinajstić information content (AvgIpc) is 3.20. The lowest BCUT2D eigenvalue weighted by Gasteiger charge is -2.12. The molecular formula is C21H24N4O. The van der Waals surface area contributed by atoms with Gasteiger partial charge in [0, 0.05) is 23.3 Å². The number of aromatic nitrogens is 2. The van der Waals surface area contributed by atoms with Gasteiger partial charge >= 0.3 is 0 Å². The SMILES string of the molecule is Cc1c(C(=O)Nc2ccc3c4c(cccc24)CC3)cnn1CCN(C)C. The van der Waals surface area contributed by atoms with Crippen LogP contribution in [0.1, 0.15) is 27.2 Å². The summed E-state index contributed by atoms with van der Waals surface area (Å²) in [5.41, 5.74) is 5.16. The van der Waals surface area contributed by atoms with E-state index in [0.29, 0.717) is 5.56 Å². The summed E-state index contributed by atoms with van der Waals surface area (Å²) in [5.74, 6) is -0.0997. The van der Waals surface area contributed by atoms with Gasteiger partial charge in [0.15, 0.2) is 0 Å². The maximum absolute atomic E-state index is 12.8. The Bertz CT molecular complexity index is 977. The van der Waals surface area contributed by atoms with Crippen LogP contribution in [-0.2, 0) is 19.4 Å². The second kappa shape index (κ2) is 6.57. The van der Waals surface area contributed by atoms with Crippen molar-refractivity contribution >= 4 is 22.4 Å². The minimum absolute atomic E-state index is 0.0997. The van der Waals surface area contributed by atoms with Crippen molar-refractivity contribution < 1.29 is 4.79 Å². The van der Waals surface area contributed by atoms with Crippen molar-refractivity contribution in [3.8, 4) is 0 Å². The molecule has 0 radical (unpaired) electrons. The first-order valence-electron chi connectivity index (χ1n) is 9.06. The van der Waals surface area contributed by atoms with Crippen molar-refractivity contribution in [1.82, 2.24) is 14.7 Å². The van der Waals surface area contributed by atoms with Crippen LogP contribution in [0.15, 0.2) is 36.5 Å². The molecule has 2 aromatic carbocycles. The van der Waals surface area contributed by atoms with Gasteiger partial charge in [-0.25, -0.2) is 0 Å². The largest absolute Gasteiger partial charge is 0.321 e. The number of amides is 1. The average molecular weight is 348 g/mol. The van der Waals surface area contributed by atoms with Crippen LogP contribution in [-0.4, -0.2) is 41.2 Å². The van der Waals surface area contributed by atoms with Crippen molar-refractivity contribution in [1.29, 1.82) is 0 Å². The summed E-state index contributed by atoms with van der Waals surface area (Å²) in [6.45, 7) is 3.61. The molecule has 4 rings (SSSR count). The van der Waals surface area contributed by atoms with Crippen LogP contribution >= 0.6 is 0 Å². The predicted octanol–water partition coefficient (Wildman–Crippen LogP) is 3.26. The molecule has 0 bridgehead atoms. The molecule has 0 saturated heterocycles. The molecule has 0 saturated carbocycles. The highest BCUT2D eigenvalue weighted by Gasteiger charge is 2.19. The zero-order valence-corrected chi connectivity index (χ0v) is 15.5. The zero-order valence-electron chi connectivity index (χ0n) is 15.5. The van der Waals surface area contributed by atoms with Crippen molar-refractivity contribution in [3.05, 3.63) is 58.9 Å². The Morgan fingerprint density at radius 2 is 1.96 bits per heavy atom. The van der Waals surface area contributed by atoms with Gasteiger partial charge in [0.2, 0.25) is 0 Å². The first-order valence-corrected chi connectivity index (χ1v) is 9.06. The van der Waals surface area contributed by atoms with Crippen molar-refractivity contribution in [2.24, 2.45) is 0 Å². The van der Waals surface area contributed by atoms with Gasteiger partial charge in [0.25, 0.3) is 5.91 Å². The Morgan fingerprint density at radius 3 is 2.73 bits per heavy atom. The maximum atomic E-state index is 12.8. The maximum Gasteiger partial charge on any atom is 0.259 e. The fraction of sp³-hybridized carbons (Fsp3) is 0.333. The van der Waals surface area contributed by atoms with Crippen LogP contribution < -0.4 is 5.32 Å². The lowest BCUT2D eigenvalue weighted by Crippen LogP contribution is -2.20. The molecule has 0 spiro atoms. The number of rotatable bonds is 5. The molecule has 1 amide bonds. The third-order valence-corrected chi connectivity index (χ3v) is 5.23. The lowest BCUT2D eigenvalue weighted by molar-refractivity contribution is 0.102. The standard InChI is InChI=1S/C21H24N4O/c1-14-18(13-22-25(14)12-11-24(2)3)21(26)23-19-10-9-16-8-7-15-5-4-6-17(19)20(15)16/h4-6,9-10,13H,7-8,11-12H2,1-3H3,(H,23,26). The van der Waals surface area contributed by atoms with Crippen LogP contribution in [0.4, 0.5) is 5.69 Å². The van der Waals surface area contributed by atoms with Gasteiger partial charge in [0.05, 0.1) is 18.3 Å². The third kappa shape index (κ3) is 2.88. The molecule has 0 aliphatic heterocycles. The van der Waals surface area contributed by atoms with Gasteiger partial charge in [-0.2, -0.15) is 5.10 Å². The van der Waals surface area contributed by atoms with Crippen LogP contribution in [0.3, 0.4) is 0 Å². The highest BCUT2D eigenvalue weighted by Crippen LogP contribution is 2.35. The van der Waals surface area contributed by atoms with E-state index in [1.807, 2.05) is 31.8 Å². The van der Waals surface area contributed by atoms with Crippen LogP contribution in [0.25, 0.3) is 10.8 Å². The van der Waals surface area contributed by atoms with Crippen molar-refractivity contribution in [2.75, 3.05) is 26.0 Å². The highest BCUT2D eigenvalue weighted by molar-refractivity contribution is 6.10. The van der Waals surface area contributed by atoms with E-state index in [0.717, 1.165) is 42.7 Å². The molecule has 1 heterocycles. The molecule has 0 fully saturated rings. The fourth-order valence-corrected chi connectivity index (χ4v) is 3.74. The number of nitrogens with one attached hydrogen (secondary N) is 1. The van der Waals surface area contributed by atoms with Crippen LogP contribution in [0, 0.1) is 6.92 Å². The molecule has 134 valence electrons. The smallest absolute Gasteiger partial charge is 0.259 e. The van der Waals surface area contributed by atoms with E-state index in [9.17, 15) is 4.79 Å². The number of likely N-dealkylation sites (N-methyl/N-ethyl adjacent to an activating group) is 1. The molecule has 1 aliphatic carbocycles. The van der Waals surface area contributed by atoms with E-state index >= 15 is 0 Å². The topological polar surface area (TPSA) is 50.2 Å². The van der Waals surface area contributed by atoms with E-state index in [2.05, 4.69) is 39.6 Å². The number of hydrogen-bond acceptors (Lipinski definition) is 3. The number of nitrogens with zero attached hydrogens (tertiary/aromatic N) is 3. The highest BCUT2D eigenvalue weighted by atomic mass is 16.1. The Labute approximate surface area is 153 Å². The number of carbonyl (C=O) groups is 1. The number of aryl methyl sites for hydroxylation is 2. The zero-order chi connectivity index (χ0) is 18.3. The first kappa shape index (κ1) is 16.8. The molecular weight excluding hydrogens is 324 g/mol. The summed E-state index contributed by atoms with van der Waals surface area (Å²) in [5, 5.41) is 9.92. The van der Waals surface area contributed by atoms with E-state index in [4.69, 9.17) is 0 Å². The summed E-state index contributed by atoms with van der Waals surface area (Å²) in [4.78, 5) is 14.9. The van der Waals surface area contributed by atoms with Gasteiger partial charge < -0.3 is 10.2 Å².